The van der Waals surface area contributed by atoms with Gasteiger partial charge in [0.05, 0.1) is 4.90 Å². The Morgan fingerprint density at radius 1 is 1.00 bits per heavy atom. The number of carbonyl (C=O) groups excluding carboxylic acids is 1. The predicted molar refractivity (Wildman–Crippen MR) is 102 cm³/mol. The lowest BCUT2D eigenvalue weighted by Crippen LogP contribution is -2.52. The monoisotopic (exact) mass is 379 g/mol. The van der Waals surface area contributed by atoms with Gasteiger partial charge < -0.3 is 5.32 Å². The van der Waals surface area contributed by atoms with Crippen molar-refractivity contribution in [3.05, 3.63) is 24.3 Å². The van der Waals surface area contributed by atoms with E-state index >= 15 is 0 Å². The largest absolute Gasteiger partial charge is 0.326 e. The number of sulfonamides is 1. The van der Waals surface area contributed by atoms with E-state index in [2.05, 4.69) is 17.1 Å². The van der Waals surface area contributed by atoms with Gasteiger partial charge in [0, 0.05) is 44.8 Å². The van der Waals surface area contributed by atoms with Gasteiger partial charge >= 0.3 is 0 Å². The van der Waals surface area contributed by atoms with E-state index in [1.807, 2.05) is 0 Å². The van der Waals surface area contributed by atoms with Gasteiger partial charge in [-0.05, 0) is 55.9 Å². The molecule has 0 spiro atoms. The fourth-order valence-corrected chi connectivity index (χ4v) is 5.40. The normalized spacial score (nSPS) is 25.8. The van der Waals surface area contributed by atoms with Gasteiger partial charge in [0.1, 0.15) is 0 Å². The molecule has 6 nitrogen and oxygen atoms in total. The molecular formula is C19H29N3O3S. The minimum Gasteiger partial charge on any atom is -0.326 e. The number of nitrogens with one attached hydrogen (secondary N) is 1. The molecule has 1 aromatic carbocycles. The van der Waals surface area contributed by atoms with E-state index in [9.17, 15) is 13.2 Å². The highest BCUT2D eigenvalue weighted by Gasteiger charge is 2.32. The maximum Gasteiger partial charge on any atom is 0.243 e. The average Bonchev–Trinajstić information content (AvgIpc) is 2.62. The summed E-state index contributed by atoms with van der Waals surface area (Å²) in [6.07, 6.45) is 5.03. The van der Waals surface area contributed by atoms with E-state index in [0.717, 1.165) is 19.0 Å². The number of hydrogen-bond acceptors (Lipinski definition) is 4. The summed E-state index contributed by atoms with van der Waals surface area (Å²) in [7, 11) is -3.48. The Bertz CT molecular complexity index is 717. The minimum absolute atomic E-state index is 0.172. The number of rotatable bonds is 4. The average molecular weight is 380 g/mol. The number of amides is 1. The van der Waals surface area contributed by atoms with E-state index in [-0.39, 0.29) is 10.8 Å². The van der Waals surface area contributed by atoms with Gasteiger partial charge in [-0.15, -0.1) is 0 Å². The van der Waals surface area contributed by atoms with Gasteiger partial charge in [0.2, 0.25) is 15.9 Å². The first-order chi connectivity index (χ1) is 12.4. The first-order valence-electron chi connectivity index (χ1n) is 9.48. The summed E-state index contributed by atoms with van der Waals surface area (Å²) >= 11 is 0. The Balaban J connectivity index is 1.60. The van der Waals surface area contributed by atoms with Crippen LogP contribution in [0.3, 0.4) is 0 Å². The molecule has 1 N–H and O–H groups in total. The Labute approximate surface area is 156 Å². The zero-order valence-corrected chi connectivity index (χ0v) is 16.5. The third-order valence-electron chi connectivity index (χ3n) is 5.59. The lowest BCUT2D eigenvalue weighted by molar-refractivity contribution is -0.114. The zero-order valence-electron chi connectivity index (χ0n) is 15.6. The van der Waals surface area contributed by atoms with Gasteiger partial charge in [-0.25, -0.2) is 8.42 Å². The van der Waals surface area contributed by atoms with Crippen molar-refractivity contribution < 1.29 is 13.2 Å². The van der Waals surface area contributed by atoms with Crippen molar-refractivity contribution in [3.63, 3.8) is 0 Å². The maximum absolute atomic E-state index is 12.9. The third-order valence-corrected chi connectivity index (χ3v) is 7.50. The van der Waals surface area contributed by atoms with Crippen molar-refractivity contribution in [3.8, 4) is 0 Å². The highest BCUT2D eigenvalue weighted by molar-refractivity contribution is 7.89. The van der Waals surface area contributed by atoms with Crippen molar-refractivity contribution in [1.82, 2.24) is 9.21 Å². The lowest BCUT2D eigenvalue weighted by atomic mass is 9.86. The molecule has 0 bridgehead atoms. The Hall–Kier alpha value is -1.44. The van der Waals surface area contributed by atoms with Crippen molar-refractivity contribution in [2.24, 2.45) is 5.92 Å². The van der Waals surface area contributed by atoms with Crippen LogP contribution in [0.15, 0.2) is 29.2 Å². The van der Waals surface area contributed by atoms with E-state index in [1.165, 1.54) is 32.6 Å². The van der Waals surface area contributed by atoms with Gasteiger partial charge in [-0.1, -0.05) is 6.92 Å². The van der Waals surface area contributed by atoms with Crippen LogP contribution in [0.1, 0.15) is 39.5 Å². The maximum atomic E-state index is 12.9. The van der Waals surface area contributed by atoms with Crippen molar-refractivity contribution in [1.29, 1.82) is 0 Å². The Kier molecular flexibility index (Phi) is 5.99. The van der Waals surface area contributed by atoms with Crippen LogP contribution >= 0.6 is 0 Å². The molecule has 0 aromatic heterocycles. The summed E-state index contributed by atoms with van der Waals surface area (Å²) in [6, 6.07) is 7.01. The molecule has 26 heavy (non-hydrogen) atoms. The van der Waals surface area contributed by atoms with Crippen LogP contribution in [0, 0.1) is 5.92 Å². The number of piperazine rings is 1. The highest BCUT2D eigenvalue weighted by atomic mass is 32.2. The van der Waals surface area contributed by atoms with Gasteiger partial charge in [-0.3, -0.25) is 9.69 Å². The van der Waals surface area contributed by atoms with Crippen LogP contribution in [0.5, 0.6) is 0 Å². The number of anilines is 1. The molecule has 1 saturated carbocycles. The fraction of sp³-hybridized carbons (Fsp3) is 0.632. The second kappa shape index (κ2) is 8.06. The number of nitrogens with zero attached hydrogens (tertiary/aromatic N) is 2. The topological polar surface area (TPSA) is 69.7 Å². The highest BCUT2D eigenvalue weighted by Crippen LogP contribution is 2.28. The number of benzene rings is 1. The van der Waals surface area contributed by atoms with Crippen molar-refractivity contribution in [2.45, 2.75) is 50.5 Å². The second-order valence-electron chi connectivity index (χ2n) is 7.56. The van der Waals surface area contributed by atoms with Crippen LogP contribution in [-0.2, 0) is 14.8 Å². The molecule has 2 fully saturated rings. The summed E-state index contributed by atoms with van der Waals surface area (Å²) in [5.74, 6) is 0.655. The minimum atomic E-state index is -3.48. The van der Waals surface area contributed by atoms with E-state index in [1.54, 1.807) is 28.6 Å². The second-order valence-corrected chi connectivity index (χ2v) is 9.50. The third kappa shape index (κ3) is 4.45. The molecule has 0 atom stereocenters. The van der Waals surface area contributed by atoms with Gasteiger partial charge in [-0.2, -0.15) is 4.31 Å². The molecule has 0 unspecified atom stereocenters. The quantitative estimate of drug-likeness (QED) is 0.873. The standard InChI is InChI=1S/C19H29N3O3S/c1-15-3-7-18(8-4-15)21-11-13-22(14-12-21)26(24,25)19-9-5-17(6-10-19)20-16(2)23/h5-6,9-10,15,18H,3-4,7-8,11-14H2,1-2H3,(H,20,23). The summed E-state index contributed by atoms with van der Waals surface area (Å²) in [5.41, 5.74) is 0.604. The molecule has 1 saturated heterocycles. The van der Waals surface area contributed by atoms with E-state index in [4.69, 9.17) is 0 Å². The fourth-order valence-electron chi connectivity index (χ4n) is 3.98. The molecule has 0 radical (unpaired) electrons. The number of hydrogen-bond donors (Lipinski definition) is 1. The molecule has 1 aliphatic heterocycles. The molecule has 1 aromatic rings. The lowest BCUT2D eigenvalue weighted by Gasteiger charge is -2.41. The molecule has 144 valence electrons. The smallest absolute Gasteiger partial charge is 0.243 e. The molecule has 7 heteroatoms. The summed E-state index contributed by atoms with van der Waals surface area (Å²) < 4.78 is 27.3. The Morgan fingerprint density at radius 3 is 2.12 bits per heavy atom. The summed E-state index contributed by atoms with van der Waals surface area (Å²) in [6.45, 7) is 6.45. The summed E-state index contributed by atoms with van der Waals surface area (Å²) in [4.78, 5) is 13.8. The van der Waals surface area contributed by atoms with Crippen LogP contribution in [0.2, 0.25) is 0 Å². The molecule has 1 heterocycles. The SMILES string of the molecule is CC(=O)Nc1ccc(S(=O)(=O)N2CCN(C3CCC(C)CC3)CC2)cc1. The predicted octanol–water partition coefficient (Wildman–Crippen LogP) is 2.53. The van der Waals surface area contributed by atoms with Crippen LogP contribution in [-0.4, -0.2) is 55.8 Å². The first-order valence-corrected chi connectivity index (χ1v) is 10.9. The van der Waals surface area contributed by atoms with Crippen LogP contribution in [0.4, 0.5) is 5.69 Å². The van der Waals surface area contributed by atoms with Crippen molar-refractivity contribution in [2.75, 3.05) is 31.5 Å². The van der Waals surface area contributed by atoms with Crippen LogP contribution < -0.4 is 5.32 Å². The number of carbonyl (C=O) groups is 1. The van der Waals surface area contributed by atoms with E-state index < -0.39 is 10.0 Å². The first kappa shape index (κ1) is 19.3. The van der Waals surface area contributed by atoms with E-state index in [0.29, 0.717) is 24.8 Å². The summed E-state index contributed by atoms with van der Waals surface area (Å²) in [5, 5.41) is 2.65. The van der Waals surface area contributed by atoms with Gasteiger partial charge in [0.15, 0.2) is 0 Å². The molecule has 2 aliphatic rings. The molecule has 1 aliphatic carbocycles. The van der Waals surface area contributed by atoms with Gasteiger partial charge in [0.25, 0.3) is 0 Å². The molecule has 1 amide bonds. The molecule has 3 rings (SSSR count). The van der Waals surface area contributed by atoms with Crippen molar-refractivity contribution >= 4 is 21.6 Å². The van der Waals surface area contributed by atoms with Crippen LogP contribution in [0.25, 0.3) is 0 Å². The molecular weight excluding hydrogens is 350 g/mol. The Morgan fingerprint density at radius 2 is 1.58 bits per heavy atom. The zero-order chi connectivity index (χ0) is 18.7.